The summed E-state index contributed by atoms with van der Waals surface area (Å²) in [6.07, 6.45) is 0.346. The number of imide groups is 1. The summed E-state index contributed by atoms with van der Waals surface area (Å²) in [5.41, 5.74) is 0.497. The predicted octanol–water partition coefficient (Wildman–Crippen LogP) is 2.16. The number of amides is 4. The number of hydrogen-bond donors (Lipinski definition) is 2. The van der Waals surface area contributed by atoms with Crippen molar-refractivity contribution in [1.29, 1.82) is 0 Å². The average molecular weight is 351 g/mol. The van der Waals surface area contributed by atoms with Gasteiger partial charge in [-0.2, -0.15) is 0 Å². The molecule has 0 aromatic heterocycles. The fourth-order valence-corrected chi connectivity index (χ4v) is 3.17. The molecule has 0 bridgehead atoms. The number of nitrogens with one attached hydrogen (secondary N) is 2. The molecule has 1 heterocycles. The summed E-state index contributed by atoms with van der Waals surface area (Å²) in [7, 11) is 1.73. The van der Waals surface area contributed by atoms with Crippen LogP contribution in [0.4, 0.5) is 4.79 Å². The first kappa shape index (κ1) is 17.7. The van der Waals surface area contributed by atoms with Crippen molar-refractivity contribution in [2.45, 2.75) is 24.9 Å². The zero-order valence-corrected chi connectivity index (χ0v) is 14.6. The molecule has 134 valence electrons. The molecule has 1 atom stereocenters. The van der Waals surface area contributed by atoms with Crippen molar-refractivity contribution in [3.8, 4) is 0 Å². The Kier molecular flexibility index (Phi) is 5.02. The van der Waals surface area contributed by atoms with E-state index in [4.69, 9.17) is 0 Å². The third-order valence-electron chi connectivity index (χ3n) is 4.61. The number of hydrogen-bond acceptors (Lipinski definition) is 3. The molecule has 26 heavy (non-hydrogen) atoms. The van der Waals surface area contributed by atoms with Gasteiger partial charge in [0, 0.05) is 20.0 Å². The van der Waals surface area contributed by atoms with Gasteiger partial charge in [-0.05, 0) is 17.5 Å². The van der Waals surface area contributed by atoms with Gasteiger partial charge in [-0.1, -0.05) is 60.7 Å². The van der Waals surface area contributed by atoms with Crippen LogP contribution in [0.2, 0.25) is 0 Å². The molecule has 1 unspecified atom stereocenters. The maximum Gasteiger partial charge on any atom is 0.322 e. The molecule has 0 aliphatic carbocycles. The van der Waals surface area contributed by atoms with Crippen LogP contribution in [-0.4, -0.2) is 29.8 Å². The van der Waals surface area contributed by atoms with Gasteiger partial charge >= 0.3 is 6.03 Å². The molecule has 6 nitrogen and oxygen atoms in total. The highest BCUT2D eigenvalue weighted by Gasteiger charge is 2.47. The fraction of sp³-hybridized carbons (Fsp3) is 0.250. The van der Waals surface area contributed by atoms with Crippen LogP contribution in [0.1, 0.15) is 24.0 Å². The molecule has 6 heteroatoms. The summed E-state index contributed by atoms with van der Waals surface area (Å²) < 4.78 is 0. The van der Waals surface area contributed by atoms with Crippen molar-refractivity contribution in [3.63, 3.8) is 0 Å². The summed E-state index contributed by atoms with van der Waals surface area (Å²) in [5, 5.41) is 4.99. The van der Waals surface area contributed by atoms with E-state index in [1.807, 2.05) is 36.4 Å². The minimum Gasteiger partial charge on any atom is -0.341 e. The Morgan fingerprint density at radius 1 is 1.00 bits per heavy atom. The molecule has 3 rings (SSSR count). The van der Waals surface area contributed by atoms with E-state index in [1.165, 1.54) is 0 Å². The zero-order valence-electron chi connectivity index (χ0n) is 14.6. The lowest BCUT2D eigenvalue weighted by atomic mass is 9.85. The lowest BCUT2D eigenvalue weighted by molar-refractivity contribution is -0.131. The Balaban J connectivity index is 1.71. The van der Waals surface area contributed by atoms with Gasteiger partial charge in [-0.3, -0.25) is 14.9 Å². The van der Waals surface area contributed by atoms with Crippen molar-refractivity contribution in [3.05, 3.63) is 71.8 Å². The lowest BCUT2D eigenvalue weighted by Crippen LogP contribution is -2.44. The van der Waals surface area contributed by atoms with Gasteiger partial charge in [0.2, 0.25) is 5.91 Å². The molecule has 1 aliphatic heterocycles. The normalized spacial score (nSPS) is 19.0. The summed E-state index contributed by atoms with van der Waals surface area (Å²) in [6, 6.07) is 18.2. The molecule has 0 spiro atoms. The second-order valence-corrected chi connectivity index (χ2v) is 6.42. The average Bonchev–Trinajstić information content (AvgIpc) is 2.95. The molecule has 0 radical (unpaired) electrons. The van der Waals surface area contributed by atoms with Crippen LogP contribution in [-0.2, 0) is 21.7 Å². The summed E-state index contributed by atoms with van der Waals surface area (Å²) in [4.78, 5) is 38.4. The van der Waals surface area contributed by atoms with Crippen LogP contribution in [0.25, 0.3) is 0 Å². The largest absolute Gasteiger partial charge is 0.341 e. The predicted molar refractivity (Wildman–Crippen MR) is 96.9 cm³/mol. The van der Waals surface area contributed by atoms with Gasteiger partial charge in [-0.25, -0.2) is 4.79 Å². The van der Waals surface area contributed by atoms with Crippen molar-refractivity contribution in [2.75, 3.05) is 7.05 Å². The first-order valence-electron chi connectivity index (χ1n) is 8.48. The third-order valence-corrected chi connectivity index (χ3v) is 4.61. The maximum atomic E-state index is 12.5. The standard InChI is InChI=1S/C20H21N3O3/c1-23(14-15-8-4-2-5-9-15)17(24)12-13-20(16-10-6-3-7-11-16)18(25)21-19(26)22-20/h2-11H,12-14H2,1H3,(H2,21,22,25,26). The molecular weight excluding hydrogens is 330 g/mol. The Morgan fingerprint density at radius 2 is 1.62 bits per heavy atom. The molecule has 1 fully saturated rings. The van der Waals surface area contributed by atoms with Crippen molar-refractivity contribution >= 4 is 17.8 Å². The highest BCUT2D eigenvalue weighted by atomic mass is 16.2. The Hall–Kier alpha value is -3.15. The summed E-state index contributed by atoms with van der Waals surface area (Å²) >= 11 is 0. The van der Waals surface area contributed by atoms with E-state index in [1.54, 1.807) is 36.2 Å². The number of carbonyl (C=O) groups is 3. The minimum absolute atomic E-state index is 0.0851. The molecule has 1 aliphatic rings. The van der Waals surface area contributed by atoms with Crippen molar-refractivity contribution in [1.82, 2.24) is 15.5 Å². The van der Waals surface area contributed by atoms with E-state index in [0.717, 1.165) is 5.56 Å². The third kappa shape index (κ3) is 3.59. The van der Waals surface area contributed by atoms with Gasteiger partial charge in [0.1, 0.15) is 5.54 Å². The van der Waals surface area contributed by atoms with Crippen LogP contribution < -0.4 is 10.6 Å². The second-order valence-electron chi connectivity index (χ2n) is 6.42. The number of carbonyl (C=O) groups excluding carboxylic acids is 3. The molecule has 2 N–H and O–H groups in total. The molecule has 4 amide bonds. The quantitative estimate of drug-likeness (QED) is 0.783. The first-order valence-corrected chi connectivity index (χ1v) is 8.48. The zero-order chi connectivity index (χ0) is 18.6. The maximum absolute atomic E-state index is 12.5. The summed E-state index contributed by atoms with van der Waals surface area (Å²) in [6.45, 7) is 0.497. The lowest BCUT2D eigenvalue weighted by Gasteiger charge is -2.27. The van der Waals surface area contributed by atoms with Crippen LogP contribution in [0.15, 0.2) is 60.7 Å². The highest BCUT2D eigenvalue weighted by Crippen LogP contribution is 2.30. The van der Waals surface area contributed by atoms with E-state index >= 15 is 0 Å². The Labute approximate surface area is 152 Å². The van der Waals surface area contributed by atoms with E-state index in [2.05, 4.69) is 10.6 Å². The molecule has 2 aromatic carbocycles. The Morgan fingerprint density at radius 3 is 2.19 bits per heavy atom. The monoisotopic (exact) mass is 351 g/mol. The number of rotatable bonds is 6. The fourth-order valence-electron chi connectivity index (χ4n) is 3.17. The van der Waals surface area contributed by atoms with Gasteiger partial charge in [0.15, 0.2) is 0 Å². The van der Waals surface area contributed by atoms with Gasteiger partial charge < -0.3 is 10.2 Å². The van der Waals surface area contributed by atoms with Crippen LogP contribution in [0.3, 0.4) is 0 Å². The highest BCUT2D eigenvalue weighted by molar-refractivity contribution is 6.07. The molecule has 2 aromatic rings. The topological polar surface area (TPSA) is 78.5 Å². The number of nitrogens with zero attached hydrogens (tertiary/aromatic N) is 1. The number of benzene rings is 2. The van der Waals surface area contributed by atoms with E-state index in [9.17, 15) is 14.4 Å². The van der Waals surface area contributed by atoms with Gasteiger partial charge in [0.25, 0.3) is 5.91 Å². The van der Waals surface area contributed by atoms with E-state index in [0.29, 0.717) is 12.1 Å². The molecular formula is C20H21N3O3. The SMILES string of the molecule is CN(Cc1ccccc1)C(=O)CCC1(c2ccccc2)NC(=O)NC1=O. The van der Waals surface area contributed by atoms with Gasteiger partial charge in [0.05, 0.1) is 0 Å². The van der Waals surface area contributed by atoms with Crippen molar-refractivity contribution in [2.24, 2.45) is 0 Å². The van der Waals surface area contributed by atoms with Gasteiger partial charge in [-0.15, -0.1) is 0 Å². The number of urea groups is 1. The minimum atomic E-state index is -1.21. The Bertz CT molecular complexity index is 808. The van der Waals surface area contributed by atoms with Crippen molar-refractivity contribution < 1.29 is 14.4 Å². The molecule has 1 saturated heterocycles. The smallest absolute Gasteiger partial charge is 0.322 e. The van der Waals surface area contributed by atoms with Crippen LogP contribution in [0.5, 0.6) is 0 Å². The first-order chi connectivity index (χ1) is 12.5. The molecule has 0 saturated carbocycles. The van der Waals surface area contributed by atoms with E-state index < -0.39 is 17.5 Å². The van der Waals surface area contributed by atoms with Crippen LogP contribution >= 0.6 is 0 Å². The summed E-state index contributed by atoms with van der Waals surface area (Å²) in [5.74, 6) is -0.509. The van der Waals surface area contributed by atoms with E-state index in [-0.39, 0.29) is 18.7 Å². The second kappa shape index (κ2) is 7.39. The van der Waals surface area contributed by atoms with Crippen LogP contribution in [0, 0.1) is 0 Å².